The quantitative estimate of drug-likeness (QED) is 0.624. The summed E-state index contributed by atoms with van der Waals surface area (Å²) in [5, 5.41) is 8.89. The maximum absolute atomic E-state index is 13.0. The van der Waals surface area contributed by atoms with Crippen LogP contribution in [0.5, 0.6) is 11.5 Å². The van der Waals surface area contributed by atoms with Crippen molar-refractivity contribution >= 4 is 17.5 Å². The van der Waals surface area contributed by atoms with E-state index < -0.39 is 12.0 Å². The van der Waals surface area contributed by atoms with Crippen LogP contribution in [0.15, 0.2) is 42.5 Å². The van der Waals surface area contributed by atoms with Gasteiger partial charge in [0.25, 0.3) is 11.8 Å². The molecule has 1 atom stereocenters. The van der Waals surface area contributed by atoms with Gasteiger partial charge in [0.2, 0.25) is 0 Å². The number of fused-ring (bicyclic) bond motifs is 1. The van der Waals surface area contributed by atoms with Crippen LogP contribution >= 0.6 is 0 Å². The van der Waals surface area contributed by atoms with Gasteiger partial charge in [-0.05, 0) is 41.8 Å². The zero-order valence-corrected chi connectivity index (χ0v) is 15.4. The first kappa shape index (κ1) is 18.7. The summed E-state index contributed by atoms with van der Waals surface area (Å²) in [5.74, 6) is 0.422. The van der Waals surface area contributed by atoms with E-state index in [-0.39, 0.29) is 17.4 Å². The standard InChI is InChI=1S/C20H22N2O5/c1-12(2)18-20(24)22(11-13-4-7-15(26-3)8-5-13)16-10-14(19(23)21-25)6-9-17(16)27-18/h4-10,12,18,25H,11H2,1-3H3,(H,21,23). The van der Waals surface area contributed by atoms with Crippen LogP contribution in [-0.4, -0.2) is 30.2 Å². The van der Waals surface area contributed by atoms with E-state index in [4.69, 9.17) is 14.7 Å². The highest BCUT2D eigenvalue weighted by Crippen LogP contribution is 2.37. The number of ether oxygens (including phenoxy) is 2. The van der Waals surface area contributed by atoms with Crippen LogP contribution in [0.2, 0.25) is 0 Å². The monoisotopic (exact) mass is 370 g/mol. The highest BCUT2D eigenvalue weighted by Gasteiger charge is 2.36. The SMILES string of the molecule is COc1ccc(CN2C(=O)C(C(C)C)Oc3ccc(C(=O)NO)cc32)cc1. The second-order valence-corrected chi connectivity index (χ2v) is 6.68. The summed E-state index contributed by atoms with van der Waals surface area (Å²) in [6.07, 6.45) is -0.603. The van der Waals surface area contributed by atoms with E-state index in [1.165, 1.54) is 0 Å². The number of carbonyl (C=O) groups is 2. The number of nitrogens with zero attached hydrogens (tertiary/aromatic N) is 1. The molecule has 1 unspecified atom stereocenters. The Morgan fingerprint density at radius 2 is 1.96 bits per heavy atom. The first-order valence-corrected chi connectivity index (χ1v) is 8.64. The van der Waals surface area contributed by atoms with Gasteiger partial charge in [0.05, 0.1) is 19.3 Å². The molecule has 27 heavy (non-hydrogen) atoms. The largest absolute Gasteiger partial charge is 0.497 e. The average Bonchev–Trinajstić information content (AvgIpc) is 2.69. The predicted octanol–water partition coefficient (Wildman–Crippen LogP) is 2.76. The first-order chi connectivity index (χ1) is 12.9. The lowest BCUT2D eigenvalue weighted by Crippen LogP contribution is -2.48. The summed E-state index contributed by atoms with van der Waals surface area (Å²) in [5.41, 5.74) is 3.25. The van der Waals surface area contributed by atoms with Gasteiger partial charge in [-0.25, -0.2) is 5.48 Å². The van der Waals surface area contributed by atoms with E-state index in [1.54, 1.807) is 35.7 Å². The van der Waals surface area contributed by atoms with E-state index in [0.29, 0.717) is 18.0 Å². The molecule has 0 aliphatic carbocycles. The molecule has 0 aromatic heterocycles. The fraction of sp³-hybridized carbons (Fsp3) is 0.300. The summed E-state index contributed by atoms with van der Waals surface area (Å²) >= 11 is 0. The second-order valence-electron chi connectivity index (χ2n) is 6.68. The van der Waals surface area contributed by atoms with E-state index >= 15 is 0 Å². The summed E-state index contributed by atoms with van der Waals surface area (Å²) < 4.78 is 11.0. The molecule has 0 saturated heterocycles. The van der Waals surface area contributed by atoms with Crippen LogP contribution in [-0.2, 0) is 11.3 Å². The van der Waals surface area contributed by atoms with Crippen molar-refractivity contribution < 1.29 is 24.3 Å². The smallest absolute Gasteiger partial charge is 0.274 e. The van der Waals surface area contributed by atoms with Crippen LogP contribution < -0.4 is 19.9 Å². The van der Waals surface area contributed by atoms with Crippen LogP contribution in [0.1, 0.15) is 29.8 Å². The zero-order valence-electron chi connectivity index (χ0n) is 15.4. The third kappa shape index (κ3) is 3.73. The predicted molar refractivity (Wildman–Crippen MR) is 99.1 cm³/mol. The molecule has 7 nitrogen and oxygen atoms in total. The van der Waals surface area contributed by atoms with Gasteiger partial charge in [-0.1, -0.05) is 26.0 Å². The lowest BCUT2D eigenvalue weighted by molar-refractivity contribution is -0.128. The minimum Gasteiger partial charge on any atom is -0.497 e. The average molecular weight is 370 g/mol. The number of rotatable bonds is 5. The Morgan fingerprint density at radius 3 is 2.56 bits per heavy atom. The Hall–Kier alpha value is -3.06. The van der Waals surface area contributed by atoms with Crippen LogP contribution in [0, 0.1) is 5.92 Å². The number of anilines is 1. The number of methoxy groups -OCH3 is 1. The molecular weight excluding hydrogens is 348 g/mol. The molecule has 3 rings (SSSR count). The van der Waals surface area contributed by atoms with E-state index in [2.05, 4.69) is 0 Å². The van der Waals surface area contributed by atoms with Crippen molar-refractivity contribution in [1.29, 1.82) is 0 Å². The van der Waals surface area contributed by atoms with E-state index in [1.807, 2.05) is 38.1 Å². The third-order valence-electron chi connectivity index (χ3n) is 4.48. The van der Waals surface area contributed by atoms with Crippen molar-refractivity contribution in [2.24, 2.45) is 5.92 Å². The summed E-state index contributed by atoms with van der Waals surface area (Å²) in [6.45, 7) is 4.17. The molecule has 0 fully saturated rings. The topological polar surface area (TPSA) is 88.1 Å². The van der Waals surface area contributed by atoms with Crippen molar-refractivity contribution in [3.05, 3.63) is 53.6 Å². The van der Waals surface area contributed by atoms with E-state index in [0.717, 1.165) is 11.3 Å². The molecule has 1 aliphatic rings. The minimum absolute atomic E-state index is 0.00978. The molecule has 2 aromatic carbocycles. The van der Waals surface area contributed by atoms with Crippen molar-refractivity contribution in [1.82, 2.24) is 5.48 Å². The number of carbonyl (C=O) groups excluding carboxylic acids is 2. The molecule has 7 heteroatoms. The molecule has 1 heterocycles. The van der Waals surface area contributed by atoms with Gasteiger partial charge in [-0.2, -0.15) is 0 Å². The fourth-order valence-corrected chi connectivity index (χ4v) is 2.99. The Bertz CT molecular complexity index is 848. The maximum Gasteiger partial charge on any atom is 0.274 e. The van der Waals surface area contributed by atoms with Gasteiger partial charge in [0, 0.05) is 5.56 Å². The minimum atomic E-state index is -0.652. The van der Waals surface area contributed by atoms with Crippen LogP contribution in [0.4, 0.5) is 5.69 Å². The summed E-state index contributed by atoms with van der Waals surface area (Å²) in [4.78, 5) is 26.4. The van der Waals surface area contributed by atoms with Crippen LogP contribution in [0.25, 0.3) is 0 Å². The molecular formula is C20H22N2O5. The van der Waals surface area contributed by atoms with Crippen molar-refractivity contribution in [3.63, 3.8) is 0 Å². The summed E-state index contributed by atoms with van der Waals surface area (Å²) in [7, 11) is 1.59. The number of benzene rings is 2. The van der Waals surface area contributed by atoms with Gasteiger partial charge in [0.15, 0.2) is 6.10 Å². The molecule has 2 N–H and O–H groups in total. The lowest BCUT2D eigenvalue weighted by Gasteiger charge is -2.36. The number of hydroxylamine groups is 1. The van der Waals surface area contributed by atoms with Crippen molar-refractivity contribution in [3.8, 4) is 11.5 Å². The van der Waals surface area contributed by atoms with Crippen molar-refractivity contribution in [2.75, 3.05) is 12.0 Å². The molecule has 0 bridgehead atoms. The fourth-order valence-electron chi connectivity index (χ4n) is 2.99. The molecule has 2 aromatic rings. The van der Waals surface area contributed by atoms with Gasteiger partial charge in [-0.15, -0.1) is 0 Å². The number of hydrogen-bond donors (Lipinski definition) is 2. The molecule has 142 valence electrons. The van der Waals surface area contributed by atoms with Gasteiger partial charge < -0.3 is 14.4 Å². The molecule has 2 amide bonds. The Balaban J connectivity index is 2.00. The third-order valence-corrected chi connectivity index (χ3v) is 4.48. The highest BCUT2D eigenvalue weighted by molar-refractivity contribution is 6.02. The Labute approximate surface area is 157 Å². The van der Waals surface area contributed by atoms with E-state index in [9.17, 15) is 9.59 Å². The number of amides is 2. The molecule has 0 saturated carbocycles. The molecule has 0 spiro atoms. The first-order valence-electron chi connectivity index (χ1n) is 8.64. The Kier molecular flexibility index (Phi) is 5.32. The maximum atomic E-state index is 13.0. The second kappa shape index (κ2) is 7.67. The van der Waals surface area contributed by atoms with Crippen LogP contribution in [0.3, 0.4) is 0 Å². The number of nitrogens with one attached hydrogen (secondary N) is 1. The zero-order chi connectivity index (χ0) is 19.6. The highest BCUT2D eigenvalue weighted by atomic mass is 16.5. The summed E-state index contributed by atoms with van der Waals surface area (Å²) in [6, 6.07) is 12.2. The lowest BCUT2D eigenvalue weighted by atomic mass is 10.0. The van der Waals surface area contributed by atoms with Gasteiger partial charge in [-0.3, -0.25) is 14.8 Å². The van der Waals surface area contributed by atoms with Gasteiger partial charge >= 0.3 is 0 Å². The van der Waals surface area contributed by atoms with Crippen molar-refractivity contribution in [2.45, 2.75) is 26.5 Å². The molecule has 0 radical (unpaired) electrons. The Morgan fingerprint density at radius 1 is 1.26 bits per heavy atom. The normalized spacial score (nSPS) is 16.0. The van der Waals surface area contributed by atoms with Gasteiger partial charge in [0.1, 0.15) is 11.5 Å². The molecule has 1 aliphatic heterocycles. The number of hydrogen-bond acceptors (Lipinski definition) is 5.